The van der Waals surface area contributed by atoms with Crippen LogP contribution >= 0.6 is 11.3 Å². The molecule has 0 saturated carbocycles. The van der Waals surface area contributed by atoms with Crippen LogP contribution in [0.2, 0.25) is 0 Å². The highest BCUT2D eigenvalue weighted by atomic mass is 32.1. The van der Waals surface area contributed by atoms with Gasteiger partial charge in [0.05, 0.1) is 11.7 Å². The van der Waals surface area contributed by atoms with Crippen LogP contribution in [0.1, 0.15) is 39.5 Å². The van der Waals surface area contributed by atoms with Gasteiger partial charge in [-0.1, -0.05) is 37.3 Å². The van der Waals surface area contributed by atoms with E-state index in [-0.39, 0.29) is 39.6 Å². The number of carbonyl (C=O) groups excluding carboxylic acids is 1. The van der Waals surface area contributed by atoms with E-state index in [1.807, 2.05) is 37.3 Å². The number of nitrogens with one attached hydrogen (secondary N) is 2. The van der Waals surface area contributed by atoms with E-state index in [1.54, 1.807) is 21.0 Å². The van der Waals surface area contributed by atoms with E-state index < -0.39 is 10.9 Å². The van der Waals surface area contributed by atoms with Crippen molar-refractivity contribution in [3.63, 3.8) is 0 Å². The number of aryl methyl sites for hydroxylation is 1. The molecule has 3 aromatic rings. The molecule has 3 N–H and O–H groups in total. The molecule has 0 spiro atoms. The molecule has 0 aliphatic heterocycles. The fourth-order valence-corrected chi connectivity index (χ4v) is 4.11. The molecule has 1 amide bonds. The maximum atomic E-state index is 12.2. The Kier molecular flexibility index (Phi) is 5.74. The number of aromatic hydroxyl groups is 1. The summed E-state index contributed by atoms with van der Waals surface area (Å²) in [4.78, 5) is 38.8. The zero-order valence-electron chi connectivity index (χ0n) is 16.7. The summed E-state index contributed by atoms with van der Waals surface area (Å²) in [5, 5.41) is 16.5. The minimum Gasteiger partial charge on any atom is -0.504 e. The van der Waals surface area contributed by atoms with E-state index in [1.165, 1.54) is 4.90 Å². The number of carbonyl (C=O) groups is 1. The van der Waals surface area contributed by atoms with Crippen molar-refractivity contribution < 1.29 is 9.90 Å². The highest BCUT2D eigenvalue weighted by Crippen LogP contribution is 2.41. The van der Waals surface area contributed by atoms with Crippen molar-refractivity contribution in [3.8, 4) is 5.75 Å². The summed E-state index contributed by atoms with van der Waals surface area (Å²) in [6.45, 7) is 3.72. The zero-order valence-corrected chi connectivity index (χ0v) is 17.5. The molecular weight excluding hydrogens is 390 g/mol. The van der Waals surface area contributed by atoms with Crippen LogP contribution in [0.25, 0.3) is 0 Å². The molecule has 1 aromatic heterocycles. The third kappa shape index (κ3) is 3.75. The maximum Gasteiger partial charge on any atom is 0.267 e. The molecule has 0 radical (unpaired) electrons. The summed E-state index contributed by atoms with van der Waals surface area (Å²) in [6.07, 6.45) is 0.715. The number of nitrogens with zero attached hydrogens (tertiary/aromatic N) is 1. The highest BCUT2D eigenvalue weighted by Gasteiger charge is 2.27. The van der Waals surface area contributed by atoms with Crippen molar-refractivity contribution in [2.45, 2.75) is 26.3 Å². The van der Waals surface area contributed by atoms with Crippen LogP contribution in [0.5, 0.6) is 5.75 Å². The summed E-state index contributed by atoms with van der Waals surface area (Å²) in [5.41, 5.74) is 0.311. The van der Waals surface area contributed by atoms with E-state index in [0.717, 1.165) is 16.9 Å². The Labute approximate surface area is 172 Å². The van der Waals surface area contributed by atoms with Gasteiger partial charge < -0.3 is 20.6 Å². The van der Waals surface area contributed by atoms with E-state index in [0.29, 0.717) is 11.3 Å². The van der Waals surface area contributed by atoms with Gasteiger partial charge >= 0.3 is 0 Å². The van der Waals surface area contributed by atoms with Gasteiger partial charge in [-0.15, -0.1) is 11.3 Å². The quantitative estimate of drug-likeness (QED) is 0.514. The molecule has 0 aliphatic carbocycles. The number of hydrogen-bond acceptors (Lipinski definition) is 7. The summed E-state index contributed by atoms with van der Waals surface area (Å²) >= 11 is 1.13. The molecule has 152 valence electrons. The number of thiophene rings is 1. The Morgan fingerprint density at radius 1 is 1.10 bits per heavy atom. The second-order valence-corrected chi connectivity index (χ2v) is 8.18. The molecule has 0 fully saturated rings. The molecule has 2 aromatic carbocycles. The molecule has 0 aliphatic rings. The van der Waals surface area contributed by atoms with Gasteiger partial charge in [-0.05, 0) is 18.9 Å². The van der Waals surface area contributed by atoms with Crippen LogP contribution in [-0.4, -0.2) is 30.0 Å². The van der Waals surface area contributed by atoms with Gasteiger partial charge in [0.1, 0.15) is 16.3 Å². The highest BCUT2D eigenvalue weighted by molar-refractivity contribution is 7.15. The van der Waals surface area contributed by atoms with Crippen LogP contribution in [0, 0.1) is 6.92 Å². The Hall–Kier alpha value is -3.13. The van der Waals surface area contributed by atoms with Gasteiger partial charge in [0, 0.05) is 19.0 Å². The Morgan fingerprint density at radius 3 is 2.31 bits per heavy atom. The zero-order chi connectivity index (χ0) is 21.3. The average molecular weight is 413 g/mol. The first-order valence-electron chi connectivity index (χ1n) is 9.22. The maximum absolute atomic E-state index is 12.2. The SMILES string of the molecule is CC[C@@H](Nc1c(Nc2c(C)sc(C(=O)N(C)C)c2O)c(=O)c1=O)c1ccccc1. The largest absolute Gasteiger partial charge is 0.504 e. The second-order valence-electron chi connectivity index (χ2n) is 6.96. The lowest BCUT2D eigenvalue weighted by atomic mass is 10.0. The van der Waals surface area contributed by atoms with Gasteiger partial charge in [-0.3, -0.25) is 14.4 Å². The first-order chi connectivity index (χ1) is 13.8. The number of amides is 1. The van der Waals surface area contributed by atoms with Crippen molar-refractivity contribution in [2.24, 2.45) is 0 Å². The third-order valence-corrected chi connectivity index (χ3v) is 5.83. The molecular formula is C21H23N3O4S. The molecule has 1 heterocycles. The molecule has 0 bridgehead atoms. The number of benzene rings is 1. The van der Waals surface area contributed by atoms with E-state index in [4.69, 9.17) is 0 Å². The fraction of sp³-hybridized carbons (Fsp3) is 0.286. The van der Waals surface area contributed by atoms with E-state index >= 15 is 0 Å². The molecule has 0 unspecified atom stereocenters. The molecule has 7 nitrogen and oxygen atoms in total. The summed E-state index contributed by atoms with van der Waals surface area (Å²) in [6, 6.07) is 9.51. The topological polar surface area (TPSA) is 98.7 Å². The van der Waals surface area contributed by atoms with Gasteiger partial charge in [0.15, 0.2) is 5.75 Å². The summed E-state index contributed by atoms with van der Waals surface area (Å²) in [7, 11) is 3.19. The lowest BCUT2D eigenvalue weighted by molar-refractivity contribution is 0.0829. The van der Waals surface area contributed by atoms with Gasteiger partial charge in [-0.2, -0.15) is 0 Å². The fourth-order valence-electron chi connectivity index (χ4n) is 3.08. The van der Waals surface area contributed by atoms with Gasteiger partial charge in [0.25, 0.3) is 16.8 Å². The predicted molar refractivity (Wildman–Crippen MR) is 116 cm³/mol. The standard InChI is InChI=1S/C21H23N3O4S/c1-5-13(12-9-7-6-8-10-12)22-15-16(18(26)17(15)25)23-14-11(2)29-20(19(14)27)21(28)24(3)4/h6-10,13,22-23,27H,5H2,1-4H3/t13-/m1/s1. The lowest BCUT2D eigenvalue weighted by Gasteiger charge is -2.22. The summed E-state index contributed by atoms with van der Waals surface area (Å²) in [5.74, 6) is -0.553. The van der Waals surface area contributed by atoms with Crippen molar-refractivity contribution in [3.05, 3.63) is 66.1 Å². The average Bonchev–Trinajstić information content (AvgIpc) is 3.00. The van der Waals surface area contributed by atoms with E-state index in [9.17, 15) is 19.5 Å². The van der Waals surface area contributed by atoms with Gasteiger partial charge in [-0.25, -0.2) is 0 Å². The second kappa shape index (κ2) is 8.08. The molecule has 3 rings (SSSR count). The smallest absolute Gasteiger partial charge is 0.267 e. The van der Waals surface area contributed by atoms with Crippen molar-refractivity contribution in [2.75, 3.05) is 24.7 Å². The predicted octanol–water partition coefficient (Wildman–Crippen LogP) is 3.37. The van der Waals surface area contributed by atoms with E-state index in [2.05, 4.69) is 10.6 Å². The summed E-state index contributed by atoms with van der Waals surface area (Å²) < 4.78 is 0. The molecule has 1 atom stereocenters. The third-order valence-electron chi connectivity index (χ3n) is 4.75. The number of anilines is 3. The van der Waals surface area contributed by atoms with Gasteiger partial charge in [0.2, 0.25) is 0 Å². The first kappa shape index (κ1) is 20.6. The van der Waals surface area contributed by atoms with Crippen molar-refractivity contribution >= 4 is 34.3 Å². The van der Waals surface area contributed by atoms with Crippen LogP contribution in [0.4, 0.5) is 17.1 Å². The lowest BCUT2D eigenvalue weighted by Crippen LogP contribution is -2.37. The minimum atomic E-state index is -0.652. The molecule has 0 saturated heterocycles. The number of hydrogen-bond donors (Lipinski definition) is 3. The Balaban J connectivity index is 1.91. The minimum absolute atomic E-state index is 0.101. The monoisotopic (exact) mass is 413 g/mol. The Bertz CT molecular complexity index is 1110. The normalized spacial score (nSPS) is 12.0. The first-order valence-corrected chi connectivity index (χ1v) is 10.0. The Morgan fingerprint density at radius 2 is 1.72 bits per heavy atom. The van der Waals surface area contributed by atoms with Crippen molar-refractivity contribution in [1.82, 2.24) is 4.90 Å². The van der Waals surface area contributed by atoms with Crippen LogP contribution in [0.3, 0.4) is 0 Å². The molecule has 29 heavy (non-hydrogen) atoms. The molecule has 8 heteroatoms. The number of rotatable bonds is 7. The van der Waals surface area contributed by atoms with Crippen LogP contribution in [-0.2, 0) is 0 Å². The van der Waals surface area contributed by atoms with Crippen LogP contribution in [0.15, 0.2) is 39.9 Å². The van der Waals surface area contributed by atoms with Crippen LogP contribution < -0.4 is 21.5 Å². The van der Waals surface area contributed by atoms with Crippen molar-refractivity contribution in [1.29, 1.82) is 0 Å².